The molecule has 1 atom stereocenters. The average Bonchev–Trinajstić information content (AvgIpc) is 2.71. The van der Waals surface area contributed by atoms with Gasteiger partial charge in [0.1, 0.15) is 19.8 Å². The summed E-state index contributed by atoms with van der Waals surface area (Å²) in [6.07, 6.45) is -0.748. The fourth-order valence-corrected chi connectivity index (χ4v) is 2.69. The molecule has 1 unspecified atom stereocenters. The van der Waals surface area contributed by atoms with Gasteiger partial charge in [-0.15, -0.1) is 0 Å². The molecule has 0 aromatic heterocycles. The molecule has 0 saturated carbocycles. The number of ether oxygens (including phenoxy) is 4. The molecule has 2 aliphatic rings. The van der Waals surface area contributed by atoms with Crippen LogP contribution in [0.4, 0.5) is 0 Å². The van der Waals surface area contributed by atoms with Gasteiger partial charge in [-0.3, -0.25) is 4.79 Å². The van der Waals surface area contributed by atoms with Crippen molar-refractivity contribution >= 4 is 11.6 Å². The van der Waals surface area contributed by atoms with Crippen molar-refractivity contribution in [3.63, 3.8) is 0 Å². The van der Waals surface area contributed by atoms with Gasteiger partial charge in [0.15, 0.2) is 23.0 Å². The smallest absolute Gasteiger partial charge is 0.284 e. The number of hydrogen-bond acceptors (Lipinski definition) is 6. The highest BCUT2D eigenvalue weighted by Crippen LogP contribution is 2.31. The number of nitrogens with one attached hydrogen (secondary N) is 1. The van der Waals surface area contributed by atoms with Gasteiger partial charge in [0.2, 0.25) is 6.10 Å². The summed E-state index contributed by atoms with van der Waals surface area (Å²) in [4.78, 5) is 12.3. The Balaban J connectivity index is 1.42. The minimum absolute atomic E-state index is 0.140. The van der Waals surface area contributed by atoms with E-state index in [0.29, 0.717) is 41.9 Å². The van der Waals surface area contributed by atoms with Crippen LogP contribution < -0.4 is 24.4 Å². The van der Waals surface area contributed by atoms with E-state index < -0.39 is 6.10 Å². The Morgan fingerprint density at radius 3 is 2.58 bits per heavy atom. The number of para-hydroxylation sites is 2. The van der Waals surface area contributed by atoms with Crippen molar-refractivity contribution < 1.29 is 23.7 Å². The van der Waals surface area contributed by atoms with Crippen molar-refractivity contribution in [3.8, 4) is 23.0 Å². The van der Waals surface area contributed by atoms with Crippen LogP contribution in [0.1, 0.15) is 12.5 Å². The lowest BCUT2D eigenvalue weighted by molar-refractivity contribution is -0.130. The lowest BCUT2D eigenvalue weighted by Crippen LogP contribution is -2.42. The number of amides is 1. The summed E-state index contributed by atoms with van der Waals surface area (Å²) < 4.78 is 22.3. The van der Waals surface area contributed by atoms with Crippen molar-refractivity contribution in [2.75, 3.05) is 19.8 Å². The molecule has 26 heavy (non-hydrogen) atoms. The molecule has 1 N–H and O–H groups in total. The van der Waals surface area contributed by atoms with Gasteiger partial charge in [0, 0.05) is 5.56 Å². The zero-order chi connectivity index (χ0) is 17.9. The zero-order valence-electron chi connectivity index (χ0n) is 14.2. The van der Waals surface area contributed by atoms with Gasteiger partial charge in [-0.05, 0) is 37.3 Å². The number of fused-ring (bicyclic) bond motifs is 2. The Labute approximate surface area is 150 Å². The third kappa shape index (κ3) is 3.28. The molecule has 0 fully saturated rings. The Morgan fingerprint density at radius 2 is 1.73 bits per heavy atom. The van der Waals surface area contributed by atoms with Gasteiger partial charge in [0.05, 0.1) is 5.71 Å². The number of carbonyl (C=O) groups is 1. The molecule has 2 aliphatic heterocycles. The maximum absolute atomic E-state index is 12.3. The Hall–Kier alpha value is -3.22. The fraction of sp³-hybridized carbons (Fsp3) is 0.263. The van der Waals surface area contributed by atoms with E-state index in [2.05, 4.69) is 10.5 Å². The minimum atomic E-state index is -0.748. The van der Waals surface area contributed by atoms with Crippen molar-refractivity contribution in [1.82, 2.24) is 5.43 Å². The third-order valence-electron chi connectivity index (χ3n) is 4.09. The van der Waals surface area contributed by atoms with Crippen LogP contribution in [0, 0.1) is 0 Å². The zero-order valence-corrected chi connectivity index (χ0v) is 14.2. The molecule has 0 bridgehead atoms. The van der Waals surface area contributed by atoms with E-state index in [0.717, 1.165) is 5.56 Å². The van der Waals surface area contributed by atoms with Gasteiger partial charge < -0.3 is 18.9 Å². The highest BCUT2D eigenvalue weighted by molar-refractivity contribution is 6.00. The topological polar surface area (TPSA) is 78.4 Å². The van der Waals surface area contributed by atoms with E-state index in [1.165, 1.54) is 0 Å². The van der Waals surface area contributed by atoms with Crippen molar-refractivity contribution in [1.29, 1.82) is 0 Å². The van der Waals surface area contributed by atoms with Gasteiger partial charge in [-0.1, -0.05) is 12.1 Å². The Kier molecular flexibility index (Phi) is 4.35. The SMILES string of the molecule is CC(=NNC(=O)C1COc2ccccc2O1)c1ccc2c(c1)OCCO2. The molecule has 4 rings (SSSR count). The number of rotatable bonds is 3. The van der Waals surface area contributed by atoms with Crippen LogP contribution in [0.5, 0.6) is 23.0 Å². The number of hydrogen-bond donors (Lipinski definition) is 1. The molecule has 134 valence electrons. The number of carbonyl (C=O) groups excluding carboxylic acids is 1. The Bertz CT molecular complexity index is 865. The van der Waals surface area contributed by atoms with Crippen molar-refractivity contribution in [2.45, 2.75) is 13.0 Å². The van der Waals surface area contributed by atoms with E-state index >= 15 is 0 Å². The van der Waals surface area contributed by atoms with Crippen LogP contribution >= 0.6 is 0 Å². The van der Waals surface area contributed by atoms with Crippen molar-refractivity contribution in [2.24, 2.45) is 5.10 Å². The standard InChI is InChI=1S/C19H18N2O5/c1-12(13-6-7-15-17(10-13)24-9-8-23-15)20-21-19(22)18-11-25-14-4-2-3-5-16(14)26-18/h2-7,10,18H,8-9,11H2,1H3,(H,21,22). The first-order valence-electron chi connectivity index (χ1n) is 8.33. The summed E-state index contributed by atoms with van der Waals surface area (Å²) >= 11 is 0. The number of nitrogens with zero attached hydrogens (tertiary/aromatic N) is 1. The maximum atomic E-state index is 12.3. The summed E-state index contributed by atoms with van der Waals surface area (Å²) in [5.41, 5.74) is 4.01. The molecule has 0 aliphatic carbocycles. The first kappa shape index (κ1) is 16.3. The predicted octanol–water partition coefficient (Wildman–Crippen LogP) is 2.14. The molecule has 0 saturated heterocycles. The molecule has 7 heteroatoms. The molecular weight excluding hydrogens is 336 g/mol. The van der Waals surface area contributed by atoms with Crippen LogP contribution in [0.2, 0.25) is 0 Å². The first-order valence-corrected chi connectivity index (χ1v) is 8.33. The summed E-state index contributed by atoms with van der Waals surface area (Å²) in [7, 11) is 0. The first-order chi connectivity index (χ1) is 12.7. The lowest BCUT2D eigenvalue weighted by Gasteiger charge is -2.24. The molecule has 0 radical (unpaired) electrons. The molecule has 0 spiro atoms. The molecule has 1 amide bonds. The second kappa shape index (κ2) is 6.95. The summed E-state index contributed by atoms with van der Waals surface area (Å²) in [6.45, 7) is 3.01. The monoisotopic (exact) mass is 354 g/mol. The number of benzene rings is 2. The van der Waals surface area contributed by atoms with Crippen LogP contribution in [0.3, 0.4) is 0 Å². The highest BCUT2D eigenvalue weighted by atomic mass is 16.6. The minimum Gasteiger partial charge on any atom is -0.486 e. The maximum Gasteiger partial charge on any atom is 0.284 e. The Morgan fingerprint density at radius 1 is 1.00 bits per heavy atom. The van der Waals surface area contributed by atoms with Gasteiger partial charge >= 0.3 is 0 Å². The second-order valence-corrected chi connectivity index (χ2v) is 5.90. The lowest BCUT2D eigenvalue weighted by atomic mass is 10.1. The molecular formula is C19H18N2O5. The second-order valence-electron chi connectivity index (χ2n) is 5.90. The van der Waals surface area contributed by atoms with Gasteiger partial charge in [-0.25, -0.2) is 5.43 Å². The van der Waals surface area contributed by atoms with Crippen molar-refractivity contribution in [3.05, 3.63) is 48.0 Å². The van der Waals surface area contributed by atoms with Gasteiger partial charge in [-0.2, -0.15) is 5.10 Å². The molecule has 7 nitrogen and oxygen atoms in total. The van der Waals surface area contributed by atoms with Crippen LogP contribution in [0.15, 0.2) is 47.6 Å². The molecule has 2 aromatic rings. The predicted molar refractivity (Wildman–Crippen MR) is 94.1 cm³/mol. The van der Waals surface area contributed by atoms with E-state index in [9.17, 15) is 4.79 Å². The van der Waals surface area contributed by atoms with E-state index in [1.807, 2.05) is 30.3 Å². The summed E-state index contributed by atoms with van der Waals surface area (Å²) in [6, 6.07) is 12.8. The molecule has 2 heterocycles. The summed E-state index contributed by atoms with van der Waals surface area (Å²) in [5, 5.41) is 4.16. The van der Waals surface area contributed by atoms with Crippen LogP contribution in [0.25, 0.3) is 0 Å². The van der Waals surface area contributed by atoms with E-state index in [4.69, 9.17) is 18.9 Å². The van der Waals surface area contributed by atoms with Crippen LogP contribution in [-0.2, 0) is 4.79 Å². The van der Waals surface area contributed by atoms with E-state index in [1.54, 1.807) is 19.1 Å². The largest absolute Gasteiger partial charge is 0.486 e. The highest BCUT2D eigenvalue weighted by Gasteiger charge is 2.27. The fourth-order valence-electron chi connectivity index (χ4n) is 2.69. The third-order valence-corrected chi connectivity index (χ3v) is 4.09. The quantitative estimate of drug-likeness (QED) is 0.675. The van der Waals surface area contributed by atoms with E-state index in [-0.39, 0.29) is 12.5 Å². The van der Waals surface area contributed by atoms with Crippen LogP contribution in [-0.4, -0.2) is 37.5 Å². The average molecular weight is 354 g/mol. The van der Waals surface area contributed by atoms with Gasteiger partial charge in [0.25, 0.3) is 5.91 Å². The molecule has 2 aromatic carbocycles. The number of hydrazone groups is 1. The summed E-state index contributed by atoms with van der Waals surface area (Å²) in [5.74, 6) is 2.20. The normalized spacial score (nSPS) is 18.2.